The number of carbonyl (C=O) groups excluding carboxylic acids is 4. The third kappa shape index (κ3) is 11.9. The summed E-state index contributed by atoms with van der Waals surface area (Å²) in [6, 6.07) is 27.2. The number of benzene rings is 3. The van der Waals surface area contributed by atoms with Gasteiger partial charge < -0.3 is 24.6 Å². The van der Waals surface area contributed by atoms with Crippen LogP contribution in [0, 0.1) is 0 Å². The Morgan fingerprint density at radius 1 is 0.595 bits per heavy atom. The van der Waals surface area contributed by atoms with E-state index in [0.29, 0.717) is 24.8 Å². The maximum absolute atomic E-state index is 12.9. The molecule has 0 spiro atoms. The lowest BCUT2D eigenvalue weighted by Crippen LogP contribution is -2.46. The van der Waals surface area contributed by atoms with Gasteiger partial charge in [0.2, 0.25) is 5.91 Å². The lowest BCUT2D eigenvalue weighted by molar-refractivity contribution is -0.176. The monoisotopic (exact) mass is 575 g/mol. The third-order valence-electron chi connectivity index (χ3n) is 6.35. The van der Waals surface area contributed by atoms with Gasteiger partial charge >= 0.3 is 17.9 Å². The Balaban J connectivity index is 1.43. The van der Waals surface area contributed by atoms with E-state index >= 15 is 0 Å². The minimum Gasteiger partial charge on any atom is -0.461 e. The number of unbranched alkanes of at least 4 members (excludes halogenated alkanes) is 2. The maximum Gasteiger partial charge on any atom is 0.339 e. The van der Waals surface area contributed by atoms with Crippen LogP contribution in [0.15, 0.2) is 91.0 Å². The molecular weight excluding hydrogens is 538 g/mol. The topological polar surface area (TPSA) is 128 Å². The van der Waals surface area contributed by atoms with E-state index in [1.54, 1.807) is 48.5 Å². The average Bonchev–Trinajstić information content (AvgIpc) is 3.01. The zero-order valence-electron chi connectivity index (χ0n) is 23.5. The van der Waals surface area contributed by atoms with E-state index in [0.717, 1.165) is 11.1 Å². The highest BCUT2D eigenvalue weighted by molar-refractivity contribution is 5.91. The van der Waals surface area contributed by atoms with E-state index in [-0.39, 0.29) is 38.8 Å². The van der Waals surface area contributed by atoms with Crippen LogP contribution in [0.25, 0.3) is 0 Å². The summed E-state index contributed by atoms with van der Waals surface area (Å²) in [6.45, 7) is 0.328. The first-order valence-electron chi connectivity index (χ1n) is 13.9. The number of aliphatic hydroxyl groups is 1. The molecule has 0 aliphatic heterocycles. The Kier molecular flexibility index (Phi) is 13.2. The van der Waals surface area contributed by atoms with Gasteiger partial charge in [-0.1, -0.05) is 97.4 Å². The van der Waals surface area contributed by atoms with Crippen molar-refractivity contribution in [3.63, 3.8) is 0 Å². The quantitative estimate of drug-likeness (QED) is 0.138. The van der Waals surface area contributed by atoms with Crippen molar-refractivity contribution in [3.8, 4) is 0 Å². The fourth-order valence-corrected chi connectivity index (χ4v) is 4.03. The van der Waals surface area contributed by atoms with Gasteiger partial charge in [0.25, 0.3) is 0 Å². The molecule has 0 aromatic heterocycles. The molecule has 1 unspecified atom stereocenters. The molecule has 42 heavy (non-hydrogen) atoms. The lowest BCUT2D eigenvalue weighted by Gasteiger charge is -2.25. The summed E-state index contributed by atoms with van der Waals surface area (Å²) in [5.41, 5.74) is -0.0618. The van der Waals surface area contributed by atoms with Gasteiger partial charge in [-0.05, 0) is 29.5 Å². The molecule has 0 bridgehead atoms. The molecule has 9 nitrogen and oxygen atoms in total. The van der Waals surface area contributed by atoms with Crippen LogP contribution in [-0.4, -0.2) is 41.1 Å². The van der Waals surface area contributed by atoms with E-state index in [1.807, 2.05) is 42.5 Å². The summed E-state index contributed by atoms with van der Waals surface area (Å²) in [5.74, 6) is -2.84. The molecule has 3 aromatic rings. The van der Waals surface area contributed by atoms with E-state index in [1.165, 1.54) is 0 Å². The van der Waals surface area contributed by atoms with Crippen LogP contribution >= 0.6 is 0 Å². The van der Waals surface area contributed by atoms with E-state index in [9.17, 15) is 24.3 Å². The largest absolute Gasteiger partial charge is 0.461 e. The second kappa shape index (κ2) is 17.3. The molecule has 2 N–H and O–H groups in total. The van der Waals surface area contributed by atoms with Gasteiger partial charge in [-0.25, -0.2) is 4.79 Å². The highest BCUT2D eigenvalue weighted by atomic mass is 16.6. The van der Waals surface area contributed by atoms with Gasteiger partial charge in [0.15, 0.2) is 5.60 Å². The van der Waals surface area contributed by atoms with Crippen molar-refractivity contribution in [1.29, 1.82) is 0 Å². The smallest absolute Gasteiger partial charge is 0.339 e. The van der Waals surface area contributed by atoms with E-state index < -0.39 is 36.3 Å². The van der Waals surface area contributed by atoms with Crippen molar-refractivity contribution in [1.82, 2.24) is 5.32 Å². The first kappa shape index (κ1) is 32.0. The third-order valence-corrected chi connectivity index (χ3v) is 6.35. The highest BCUT2D eigenvalue weighted by Gasteiger charge is 2.42. The first-order valence-corrected chi connectivity index (χ1v) is 13.9. The number of carbonyl (C=O) groups is 4. The van der Waals surface area contributed by atoms with Crippen molar-refractivity contribution >= 4 is 23.8 Å². The minimum absolute atomic E-state index is 0.0409. The van der Waals surface area contributed by atoms with Gasteiger partial charge in [0, 0.05) is 13.0 Å². The SMILES string of the molecule is O=C(CC(O)(CC(=O)OCc1ccccc1)C(=O)OCc1ccccc1)NCCCCCC(=O)OCc1ccccc1. The number of hydrogen-bond donors (Lipinski definition) is 2. The summed E-state index contributed by atoms with van der Waals surface area (Å²) >= 11 is 0. The van der Waals surface area contributed by atoms with Crippen molar-refractivity contribution < 1.29 is 38.5 Å². The molecule has 0 radical (unpaired) electrons. The maximum atomic E-state index is 12.9. The first-order chi connectivity index (χ1) is 20.3. The summed E-state index contributed by atoms with van der Waals surface area (Å²) in [7, 11) is 0. The number of amides is 1. The molecule has 0 aliphatic rings. The van der Waals surface area contributed by atoms with Gasteiger partial charge in [0.1, 0.15) is 19.8 Å². The molecule has 3 rings (SSSR count). The molecule has 0 saturated carbocycles. The Morgan fingerprint density at radius 3 is 1.60 bits per heavy atom. The van der Waals surface area contributed by atoms with Crippen molar-refractivity contribution in [2.24, 2.45) is 0 Å². The number of esters is 3. The minimum atomic E-state index is -2.41. The summed E-state index contributed by atoms with van der Waals surface area (Å²) in [5, 5.41) is 13.8. The van der Waals surface area contributed by atoms with Crippen molar-refractivity contribution in [3.05, 3.63) is 108 Å². The molecule has 0 aliphatic carbocycles. The summed E-state index contributed by atoms with van der Waals surface area (Å²) in [4.78, 5) is 50.0. The molecule has 1 atom stereocenters. The Labute approximate surface area is 245 Å². The Morgan fingerprint density at radius 2 is 1.07 bits per heavy atom. The van der Waals surface area contributed by atoms with Gasteiger partial charge in [-0.3, -0.25) is 14.4 Å². The molecule has 3 aromatic carbocycles. The molecule has 0 fully saturated rings. The van der Waals surface area contributed by atoms with Crippen molar-refractivity contribution in [2.75, 3.05) is 6.54 Å². The summed E-state index contributed by atoms with van der Waals surface area (Å²) in [6.07, 6.45) is 0.674. The van der Waals surface area contributed by atoms with Crippen LogP contribution < -0.4 is 5.32 Å². The number of ether oxygens (including phenoxy) is 3. The fraction of sp³-hybridized carbons (Fsp3) is 0.333. The Hall–Kier alpha value is -4.50. The zero-order chi connectivity index (χ0) is 30.0. The molecule has 1 amide bonds. The predicted octanol–water partition coefficient (Wildman–Crippen LogP) is 4.40. The number of rotatable bonds is 17. The van der Waals surface area contributed by atoms with Crippen LogP contribution in [0.4, 0.5) is 0 Å². The molecule has 0 heterocycles. The summed E-state index contributed by atoms with van der Waals surface area (Å²) < 4.78 is 15.7. The highest BCUT2D eigenvalue weighted by Crippen LogP contribution is 2.21. The van der Waals surface area contributed by atoms with Gasteiger partial charge in [0.05, 0.1) is 12.8 Å². The second-order valence-electron chi connectivity index (χ2n) is 9.90. The predicted molar refractivity (Wildman–Crippen MR) is 154 cm³/mol. The van der Waals surface area contributed by atoms with Crippen LogP contribution in [-0.2, 0) is 53.2 Å². The fourth-order valence-electron chi connectivity index (χ4n) is 4.03. The second-order valence-corrected chi connectivity index (χ2v) is 9.90. The van der Waals surface area contributed by atoms with Crippen LogP contribution in [0.5, 0.6) is 0 Å². The standard InChI is InChI=1S/C33H37NO8/c35-29(34-20-12-4-11-19-30(36)40-23-26-13-5-1-6-14-26)21-33(39,32(38)42-25-28-17-9-3-10-18-28)22-31(37)41-24-27-15-7-2-8-16-27/h1-3,5-10,13-18,39H,4,11-12,19-25H2,(H,34,35). The molecule has 0 saturated heterocycles. The van der Waals surface area contributed by atoms with Gasteiger partial charge in [-0.15, -0.1) is 0 Å². The normalized spacial score (nSPS) is 12.0. The Bertz CT molecular complexity index is 1270. The molecular formula is C33H37NO8. The van der Waals surface area contributed by atoms with Crippen LogP contribution in [0.2, 0.25) is 0 Å². The van der Waals surface area contributed by atoms with Crippen LogP contribution in [0.3, 0.4) is 0 Å². The molecule has 9 heteroatoms. The van der Waals surface area contributed by atoms with Gasteiger partial charge in [-0.2, -0.15) is 0 Å². The van der Waals surface area contributed by atoms with E-state index in [2.05, 4.69) is 5.32 Å². The van der Waals surface area contributed by atoms with Crippen molar-refractivity contribution in [2.45, 2.75) is 63.9 Å². The van der Waals surface area contributed by atoms with Crippen LogP contribution in [0.1, 0.15) is 55.2 Å². The zero-order valence-corrected chi connectivity index (χ0v) is 23.5. The number of hydrogen-bond acceptors (Lipinski definition) is 8. The molecule has 222 valence electrons. The van der Waals surface area contributed by atoms with E-state index in [4.69, 9.17) is 14.2 Å². The lowest BCUT2D eigenvalue weighted by atomic mass is 9.95. The average molecular weight is 576 g/mol. The number of nitrogens with one attached hydrogen (secondary N) is 1.